The molecule has 0 saturated heterocycles. The molecule has 1 N–H and O–H groups in total. The van der Waals surface area contributed by atoms with Crippen LogP contribution in [0.25, 0.3) is 0 Å². The second-order valence-electron chi connectivity index (χ2n) is 7.22. The monoisotopic (exact) mass is 424 g/mol. The first kappa shape index (κ1) is 21.8. The molecule has 0 unspecified atom stereocenters. The summed E-state index contributed by atoms with van der Waals surface area (Å²) in [6.07, 6.45) is 1.78. The lowest BCUT2D eigenvalue weighted by Crippen LogP contribution is -2.33. The number of thioether (sulfide) groups is 1. The minimum Gasteiger partial charge on any atom is -0.342 e. The first-order valence-electron chi connectivity index (χ1n) is 9.76. The van der Waals surface area contributed by atoms with E-state index in [1.807, 2.05) is 36.6 Å². The van der Waals surface area contributed by atoms with E-state index in [2.05, 4.69) is 22.1 Å². The van der Waals surface area contributed by atoms with E-state index in [9.17, 15) is 9.18 Å². The minimum atomic E-state index is -0.301. The van der Waals surface area contributed by atoms with Gasteiger partial charge < -0.3 is 9.88 Å². The second-order valence-corrected chi connectivity index (χ2v) is 8.16. The van der Waals surface area contributed by atoms with Gasteiger partial charge in [-0.15, -0.1) is 16.8 Å². The number of nitrogens with zero attached hydrogens (tertiary/aromatic N) is 3. The third kappa shape index (κ3) is 5.36. The number of hydrogen-bond acceptors (Lipinski definition) is 4. The van der Waals surface area contributed by atoms with Crippen LogP contribution in [0.15, 0.2) is 72.4 Å². The van der Waals surface area contributed by atoms with Gasteiger partial charge in [0.2, 0.25) is 0 Å². The zero-order chi connectivity index (χ0) is 21.5. The summed E-state index contributed by atoms with van der Waals surface area (Å²) in [6.45, 7) is 8.44. The third-order valence-corrected chi connectivity index (χ3v) is 5.64. The molecule has 30 heavy (non-hydrogen) atoms. The maximum Gasteiger partial charge on any atom is 0.251 e. The molecular weight excluding hydrogens is 399 g/mol. The molecule has 3 rings (SSSR count). The van der Waals surface area contributed by atoms with Gasteiger partial charge in [0.25, 0.3) is 5.91 Å². The van der Waals surface area contributed by atoms with Gasteiger partial charge in [0.15, 0.2) is 11.0 Å². The average Bonchev–Trinajstić information content (AvgIpc) is 3.14. The van der Waals surface area contributed by atoms with Gasteiger partial charge in [-0.1, -0.05) is 62.0 Å². The van der Waals surface area contributed by atoms with Gasteiger partial charge in [-0.3, -0.25) is 4.79 Å². The number of benzene rings is 2. The fraction of sp³-hybridized carbons (Fsp3) is 0.261. The molecular formula is C23H25FN4OS. The van der Waals surface area contributed by atoms with Crippen molar-refractivity contribution in [3.63, 3.8) is 0 Å². The van der Waals surface area contributed by atoms with Gasteiger partial charge in [-0.2, -0.15) is 0 Å². The van der Waals surface area contributed by atoms with Crippen molar-refractivity contribution in [1.29, 1.82) is 0 Å². The number of amides is 1. The van der Waals surface area contributed by atoms with E-state index in [0.717, 1.165) is 10.7 Å². The average molecular weight is 425 g/mol. The summed E-state index contributed by atoms with van der Waals surface area (Å²) >= 11 is 1.52. The SMILES string of the molecule is C=CCn1c(SCc2ccc(F)cc2)nnc1[C@H](NC(=O)c1ccccc1)C(C)C. The fourth-order valence-electron chi connectivity index (χ4n) is 3.01. The van der Waals surface area contributed by atoms with Crippen LogP contribution in [0.1, 0.15) is 41.6 Å². The molecule has 1 aromatic heterocycles. The molecule has 2 aromatic carbocycles. The number of hydrogen-bond donors (Lipinski definition) is 1. The lowest BCUT2D eigenvalue weighted by atomic mass is 10.0. The first-order valence-corrected chi connectivity index (χ1v) is 10.7. The molecule has 0 saturated carbocycles. The molecule has 0 aliphatic carbocycles. The van der Waals surface area contributed by atoms with E-state index in [0.29, 0.717) is 23.7 Å². The Morgan fingerprint density at radius 3 is 2.50 bits per heavy atom. The van der Waals surface area contributed by atoms with Crippen molar-refractivity contribution < 1.29 is 9.18 Å². The van der Waals surface area contributed by atoms with Crippen LogP contribution in [0.3, 0.4) is 0 Å². The Hall–Kier alpha value is -2.93. The summed E-state index contributed by atoms with van der Waals surface area (Å²) in [5.41, 5.74) is 1.60. The zero-order valence-corrected chi connectivity index (χ0v) is 17.9. The standard InChI is InChI=1S/C23H25FN4OS/c1-4-14-28-21(20(16(2)3)25-22(29)18-8-6-5-7-9-18)26-27-23(28)30-15-17-10-12-19(24)13-11-17/h4-13,16,20H,1,14-15H2,2-3H3,(H,25,29)/t20-/m1/s1. The highest BCUT2D eigenvalue weighted by Gasteiger charge is 2.26. The number of halogens is 1. The van der Waals surface area contributed by atoms with Crippen LogP contribution in [0, 0.1) is 11.7 Å². The largest absolute Gasteiger partial charge is 0.342 e. The van der Waals surface area contributed by atoms with Gasteiger partial charge in [0.05, 0.1) is 6.04 Å². The number of allylic oxidation sites excluding steroid dienone is 1. The molecule has 0 spiro atoms. The van der Waals surface area contributed by atoms with E-state index < -0.39 is 0 Å². The Morgan fingerprint density at radius 1 is 1.17 bits per heavy atom. The van der Waals surface area contributed by atoms with E-state index in [-0.39, 0.29) is 23.7 Å². The molecule has 156 valence electrons. The third-order valence-electron chi connectivity index (χ3n) is 4.61. The molecule has 0 bridgehead atoms. The van der Waals surface area contributed by atoms with E-state index in [1.165, 1.54) is 23.9 Å². The van der Waals surface area contributed by atoms with Crippen LogP contribution >= 0.6 is 11.8 Å². The quantitative estimate of drug-likeness (QED) is 0.387. The Labute approximate surface area is 180 Å². The summed E-state index contributed by atoms with van der Waals surface area (Å²) in [5.74, 6) is 1.03. The van der Waals surface area contributed by atoms with Crippen molar-refractivity contribution in [3.05, 3.63) is 90.0 Å². The maximum atomic E-state index is 13.1. The lowest BCUT2D eigenvalue weighted by Gasteiger charge is -2.22. The van der Waals surface area contributed by atoms with Crippen LogP contribution in [0.2, 0.25) is 0 Å². The summed E-state index contributed by atoms with van der Waals surface area (Å²) in [6, 6.07) is 15.2. The van der Waals surface area contributed by atoms with Gasteiger partial charge >= 0.3 is 0 Å². The molecule has 1 atom stereocenters. The molecule has 0 aliphatic heterocycles. The van der Waals surface area contributed by atoms with Crippen molar-refractivity contribution in [2.45, 2.75) is 37.3 Å². The van der Waals surface area contributed by atoms with Gasteiger partial charge in [-0.05, 0) is 35.7 Å². The van der Waals surface area contributed by atoms with Crippen LogP contribution < -0.4 is 5.32 Å². The Kier molecular flexibility index (Phi) is 7.41. The molecule has 1 amide bonds. The van der Waals surface area contributed by atoms with E-state index in [4.69, 9.17) is 0 Å². The van der Waals surface area contributed by atoms with Crippen LogP contribution in [0.4, 0.5) is 4.39 Å². The Morgan fingerprint density at radius 2 is 1.87 bits per heavy atom. The second kappa shape index (κ2) is 10.2. The molecule has 0 radical (unpaired) electrons. The van der Waals surface area contributed by atoms with Gasteiger partial charge in [0.1, 0.15) is 5.82 Å². The van der Waals surface area contributed by atoms with Gasteiger partial charge in [-0.25, -0.2) is 4.39 Å². The van der Waals surface area contributed by atoms with E-state index >= 15 is 0 Å². The number of carbonyl (C=O) groups is 1. The van der Waals surface area contributed by atoms with Crippen LogP contribution in [0.5, 0.6) is 0 Å². The molecule has 5 nitrogen and oxygen atoms in total. The summed E-state index contributed by atoms with van der Waals surface area (Å²) < 4.78 is 15.1. The van der Waals surface area contributed by atoms with Crippen molar-refractivity contribution in [2.75, 3.05) is 0 Å². The number of nitrogens with one attached hydrogen (secondary N) is 1. The minimum absolute atomic E-state index is 0.111. The highest BCUT2D eigenvalue weighted by Crippen LogP contribution is 2.27. The van der Waals surface area contributed by atoms with Crippen molar-refractivity contribution in [3.8, 4) is 0 Å². The molecule has 3 aromatic rings. The fourth-order valence-corrected chi connectivity index (χ4v) is 3.92. The molecule has 0 fully saturated rings. The number of carbonyl (C=O) groups excluding carboxylic acids is 1. The highest BCUT2D eigenvalue weighted by atomic mass is 32.2. The Bertz CT molecular complexity index is 986. The molecule has 0 aliphatic rings. The maximum absolute atomic E-state index is 13.1. The summed E-state index contributed by atoms with van der Waals surface area (Å²) in [7, 11) is 0. The predicted octanol–water partition coefficient (Wildman–Crippen LogP) is 5.02. The topological polar surface area (TPSA) is 59.8 Å². The van der Waals surface area contributed by atoms with Gasteiger partial charge in [0, 0.05) is 17.9 Å². The smallest absolute Gasteiger partial charge is 0.251 e. The summed E-state index contributed by atoms with van der Waals surface area (Å²) in [5, 5.41) is 12.6. The normalized spacial score (nSPS) is 12.0. The number of aromatic nitrogens is 3. The molecule has 1 heterocycles. The summed E-state index contributed by atoms with van der Waals surface area (Å²) in [4.78, 5) is 12.7. The van der Waals surface area contributed by atoms with Crippen LogP contribution in [-0.2, 0) is 12.3 Å². The number of rotatable bonds is 9. The van der Waals surface area contributed by atoms with Crippen molar-refractivity contribution >= 4 is 17.7 Å². The first-order chi connectivity index (χ1) is 14.5. The van der Waals surface area contributed by atoms with E-state index in [1.54, 1.807) is 30.3 Å². The molecule has 7 heteroatoms. The van der Waals surface area contributed by atoms with Crippen LogP contribution in [-0.4, -0.2) is 20.7 Å². The Balaban J connectivity index is 1.82. The zero-order valence-electron chi connectivity index (χ0n) is 17.1. The predicted molar refractivity (Wildman–Crippen MR) is 118 cm³/mol. The van der Waals surface area contributed by atoms with Crippen molar-refractivity contribution in [1.82, 2.24) is 20.1 Å². The lowest BCUT2D eigenvalue weighted by molar-refractivity contribution is 0.0922. The highest BCUT2D eigenvalue weighted by molar-refractivity contribution is 7.98. The van der Waals surface area contributed by atoms with Crippen molar-refractivity contribution in [2.24, 2.45) is 5.92 Å².